The van der Waals surface area contributed by atoms with Crippen LogP contribution in [0.4, 0.5) is 11.4 Å². The van der Waals surface area contributed by atoms with Gasteiger partial charge in [-0.05, 0) is 33.8 Å². The number of rotatable bonds is 4. The van der Waals surface area contributed by atoms with E-state index in [0.717, 1.165) is 17.0 Å². The Morgan fingerprint density at radius 3 is 2.60 bits per heavy atom. The minimum atomic E-state index is -0.374. The van der Waals surface area contributed by atoms with Gasteiger partial charge >= 0.3 is 0 Å². The first-order valence-corrected chi connectivity index (χ1v) is 6.34. The van der Waals surface area contributed by atoms with Crippen molar-refractivity contribution in [1.82, 2.24) is 5.16 Å². The van der Waals surface area contributed by atoms with Crippen LogP contribution in [0, 0.1) is 30.9 Å². The van der Waals surface area contributed by atoms with Crippen molar-refractivity contribution < 1.29 is 9.45 Å². The maximum absolute atomic E-state index is 10.9. The van der Waals surface area contributed by atoms with Gasteiger partial charge in [-0.1, -0.05) is 11.2 Å². The van der Waals surface area contributed by atoms with E-state index in [1.54, 1.807) is 19.1 Å². The molecular formula is C14H17N3O3. The number of hydrogen-bond acceptors (Lipinski definition) is 5. The first-order valence-electron chi connectivity index (χ1n) is 6.34. The monoisotopic (exact) mass is 275 g/mol. The lowest BCUT2D eigenvalue weighted by atomic mass is 10.1. The highest BCUT2D eigenvalue weighted by Crippen LogP contribution is 2.28. The zero-order valence-electron chi connectivity index (χ0n) is 11.9. The van der Waals surface area contributed by atoms with Crippen LogP contribution in [0.1, 0.15) is 35.5 Å². The first kappa shape index (κ1) is 14.0. The van der Waals surface area contributed by atoms with Crippen LogP contribution in [0.2, 0.25) is 0 Å². The molecule has 1 atom stereocenters. The molecule has 1 unspecified atom stereocenters. The van der Waals surface area contributed by atoms with Gasteiger partial charge < -0.3 is 9.84 Å². The summed E-state index contributed by atoms with van der Waals surface area (Å²) in [4.78, 5) is 10.6. The fourth-order valence-corrected chi connectivity index (χ4v) is 2.33. The Balaban J connectivity index is 2.26. The number of aryl methyl sites for hydroxylation is 3. The summed E-state index contributed by atoms with van der Waals surface area (Å²) in [5, 5.41) is 18.1. The highest BCUT2D eigenvalue weighted by molar-refractivity contribution is 5.56. The minimum Gasteiger partial charge on any atom is -0.378 e. The summed E-state index contributed by atoms with van der Waals surface area (Å²) >= 11 is 0. The molecular weight excluding hydrogens is 258 g/mol. The average Bonchev–Trinajstić information content (AvgIpc) is 2.71. The maximum atomic E-state index is 10.9. The van der Waals surface area contributed by atoms with Gasteiger partial charge in [0.1, 0.15) is 5.76 Å². The molecule has 0 radical (unpaired) electrons. The Morgan fingerprint density at radius 1 is 1.35 bits per heavy atom. The number of aromatic nitrogens is 1. The molecule has 0 aliphatic heterocycles. The molecule has 0 bridgehead atoms. The van der Waals surface area contributed by atoms with Crippen LogP contribution in [-0.4, -0.2) is 10.1 Å². The van der Waals surface area contributed by atoms with Gasteiger partial charge in [-0.2, -0.15) is 0 Å². The van der Waals surface area contributed by atoms with Crippen LogP contribution in [-0.2, 0) is 0 Å². The molecule has 20 heavy (non-hydrogen) atoms. The largest absolute Gasteiger partial charge is 0.378 e. The molecule has 0 saturated carbocycles. The summed E-state index contributed by atoms with van der Waals surface area (Å²) < 4.78 is 5.14. The summed E-state index contributed by atoms with van der Waals surface area (Å²) in [5.74, 6) is 0.754. The predicted octanol–water partition coefficient (Wildman–Crippen LogP) is 3.68. The van der Waals surface area contributed by atoms with Crippen LogP contribution >= 0.6 is 0 Å². The van der Waals surface area contributed by atoms with Gasteiger partial charge in [0.25, 0.3) is 5.69 Å². The quantitative estimate of drug-likeness (QED) is 0.680. The zero-order valence-corrected chi connectivity index (χ0v) is 11.9. The molecule has 0 amide bonds. The van der Waals surface area contributed by atoms with Crippen molar-refractivity contribution in [3.8, 4) is 0 Å². The molecule has 0 saturated heterocycles. The normalized spacial score (nSPS) is 12.2. The van der Waals surface area contributed by atoms with Crippen LogP contribution in [0.3, 0.4) is 0 Å². The van der Waals surface area contributed by atoms with Crippen molar-refractivity contribution in [3.63, 3.8) is 0 Å². The molecule has 106 valence electrons. The Kier molecular flexibility index (Phi) is 3.74. The summed E-state index contributed by atoms with van der Waals surface area (Å²) in [5.41, 5.74) is 3.26. The molecule has 6 nitrogen and oxygen atoms in total. The van der Waals surface area contributed by atoms with Crippen LogP contribution in [0.25, 0.3) is 0 Å². The molecule has 0 fully saturated rings. The van der Waals surface area contributed by atoms with E-state index in [-0.39, 0.29) is 16.7 Å². The van der Waals surface area contributed by atoms with Crippen molar-refractivity contribution in [1.29, 1.82) is 0 Å². The lowest BCUT2D eigenvalue weighted by molar-refractivity contribution is -0.385. The van der Waals surface area contributed by atoms with E-state index >= 15 is 0 Å². The second-order valence-electron chi connectivity index (χ2n) is 4.86. The Morgan fingerprint density at radius 2 is 2.05 bits per heavy atom. The molecule has 1 N–H and O–H groups in total. The van der Waals surface area contributed by atoms with E-state index in [0.29, 0.717) is 11.3 Å². The summed E-state index contributed by atoms with van der Waals surface area (Å²) in [6.45, 7) is 7.42. The number of hydrogen-bond donors (Lipinski definition) is 1. The summed E-state index contributed by atoms with van der Waals surface area (Å²) in [6, 6.07) is 5.07. The van der Waals surface area contributed by atoms with Gasteiger partial charge in [0, 0.05) is 22.9 Å². The van der Waals surface area contributed by atoms with Crippen molar-refractivity contribution in [2.45, 2.75) is 33.7 Å². The lowest BCUT2D eigenvalue weighted by Gasteiger charge is -2.15. The molecule has 2 rings (SSSR count). The fourth-order valence-electron chi connectivity index (χ4n) is 2.33. The third-order valence-electron chi connectivity index (χ3n) is 3.31. The SMILES string of the molecule is Cc1ccc(NC(C)c2c(C)noc2C)cc1[N+](=O)[O-]. The van der Waals surface area contributed by atoms with Gasteiger partial charge in [0.05, 0.1) is 16.7 Å². The van der Waals surface area contributed by atoms with Gasteiger partial charge in [-0.15, -0.1) is 0 Å². The predicted molar refractivity (Wildman–Crippen MR) is 75.8 cm³/mol. The Bertz CT molecular complexity index is 630. The molecule has 0 aliphatic rings. The highest BCUT2D eigenvalue weighted by Gasteiger charge is 2.17. The average molecular weight is 275 g/mol. The molecule has 1 aromatic heterocycles. The third kappa shape index (κ3) is 2.64. The topological polar surface area (TPSA) is 81.2 Å². The number of nitro benzene ring substituents is 1. The standard InChI is InChI=1S/C14H17N3O3/c1-8-5-6-12(7-13(8)17(18)19)15-9(2)14-10(3)16-20-11(14)4/h5-7,9,15H,1-4H3. The Hall–Kier alpha value is -2.37. The molecule has 2 aromatic rings. The second kappa shape index (κ2) is 5.32. The van der Waals surface area contributed by atoms with E-state index in [1.807, 2.05) is 26.8 Å². The number of nitrogens with one attached hydrogen (secondary N) is 1. The van der Waals surface area contributed by atoms with Gasteiger partial charge in [-0.3, -0.25) is 10.1 Å². The second-order valence-corrected chi connectivity index (χ2v) is 4.86. The van der Waals surface area contributed by atoms with Crippen LogP contribution in [0.5, 0.6) is 0 Å². The van der Waals surface area contributed by atoms with E-state index in [4.69, 9.17) is 4.52 Å². The highest BCUT2D eigenvalue weighted by atomic mass is 16.6. The van der Waals surface area contributed by atoms with Gasteiger partial charge in [0.2, 0.25) is 0 Å². The summed E-state index contributed by atoms with van der Waals surface area (Å²) in [6.07, 6.45) is 0. The van der Waals surface area contributed by atoms with E-state index < -0.39 is 0 Å². The number of nitro groups is 1. The molecule has 1 aromatic carbocycles. The maximum Gasteiger partial charge on any atom is 0.274 e. The van der Waals surface area contributed by atoms with Crippen molar-refractivity contribution in [3.05, 3.63) is 50.9 Å². The third-order valence-corrected chi connectivity index (χ3v) is 3.31. The molecule has 1 heterocycles. The number of benzene rings is 1. The van der Waals surface area contributed by atoms with E-state index in [1.165, 1.54) is 0 Å². The van der Waals surface area contributed by atoms with Gasteiger partial charge in [0.15, 0.2) is 0 Å². The van der Waals surface area contributed by atoms with E-state index in [9.17, 15) is 10.1 Å². The smallest absolute Gasteiger partial charge is 0.274 e. The lowest BCUT2D eigenvalue weighted by Crippen LogP contribution is -2.08. The van der Waals surface area contributed by atoms with Crippen molar-refractivity contribution in [2.24, 2.45) is 0 Å². The van der Waals surface area contributed by atoms with Crippen molar-refractivity contribution >= 4 is 11.4 Å². The number of anilines is 1. The fraction of sp³-hybridized carbons (Fsp3) is 0.357. The van der Waals surface area contributed by atoms with Crippen LogP contribution < -0.4 is 5.32 Å². The van der Waals surface area contributed by atoms with E-state index in [2.05, 4.69) is 10.5 Å². The molecule has 0 spiro atoms. The first-order chi connectivity index (χ1) is 9.40. The minimum absolute atomic E-state index is 0.0384. The Labute approximate surface area is 116 Å². The van der Waals surface area contributed by atoms with Crippen LogP contribution in [0.15, 0.2) is 22.7 Å². The zero-order chi connectivity index (χ0) is 14.9. The van der Waals surface area contributed by atoms with Crippen molar-refractivity contribution in [2.75, 3.05) is 5.32 Å². The molecule has 0 aliphatic carbocycles. The van der Waals surface area contributed by atoms with Gasteiger partial charge in [-0.25, -0.2) is 0 Å². The molecule has 6 heteroatoms. The summed E-state index contributed by atoms with van der Waals surface area (Å²) in [7, 11) is 0. The number of nitrogens with zero attached hydrogens (tertiary/aromatic N) is 2.